The number of rotatable bonds is 6. The van der Waals surface area contributed by atoms with Crippen LogP contribution in [0.2, 0.25) is 0 Å². The number of nitrogens with zero attached hydrogens (tertiary/aromatic N) is 3. The molecule has 1 aliphatic heterocycles. The van der Waals surface area contributed by atoms with E-state index in [9.17, 15) is 8.42 Å². The average molecular weight is 503 g/mol. The smallest absolute Gasteiger partial charge is 0.191 e. The molecule has 1 unspecified atom stereocenters. The minimum absolute atomic E-state index is 0. The Kier molecular flexibility index (Phi) is 8.08. The molecule has 2 aromatic rings. The van der Waals surface area contributed by atoms with E-state index in [0.29, 0.717) is 18.9 Å². The molecular weight excluding hydrogens is 477 g/mol. The zero-order valence-electron chi connectivity index (χ0n) is 15.3. The molecule has 1 atom stereocenters. The van der Waals surface area contributed by atoms with Gasteiger partial charge < -0.3 is 15.2 Å². The van der Waals surface area contributed by atoms with Crippen molar-refractivity contribution in [1.29, 1.82) is 0 Å². The molecule has 27 heavy (non-hydrogen) atoms. The molecule has 1 saturated heterocycles. The minimum Gasteiger partial charge on any atom is -0.357 e. The summed E-state index contributed by atoms with van der Waals surface area (Å²) in [5.41, 5.74) is 2.31. The second-order valence-electron chi connectivity index (χ2n) is 6.49. The van der Waals surface area contributed by atoms with Crippen molar-refractivity contribution >= 4 is 39.8 Å². The summed E-state index contributed by atoms with van der Waals surface area (Å²) in [6, 6.07) is 8.26. The third kappa shape index (κ3) is 6.80. The van der Waals surface area contributed by atoms with Crippen LogP contribution < -0.4 is 10.6 Å². The maximum Gasteiger partial charge on any atom is 0.191 e. The molecule has 1 fully saturated rings. The molecule has 1 aromatic carbocycles. The number of sulfone groups is 1. The highest BCUT2D eigenvalue weighted by atomic mass is 127. The largest absolute Gasteiger partial charge is 0.357 e. The molecule has 0 amide bonds. The Morgan fingerprint density at radius 3 is 2.63 bits per heavy atom. The molecule has 1 aromatic heterocycles. The number of guanidine groups is 1. The van der Waals surface area contributed by atoms with Gasteiger partial charge in [0, 0.05) is 31.5 Å². The van der Waals surface area contributed by atoms with E-state index in [0.717, 1.165) is 18.7 Å². The van der Waals surface area contributed by atoms with Crippen LogP contribution in [0.5, 0.6) is 0 Å². The lowest BCUT2D eigenvalue weighted by molar-refractivity contribution is 0.599. The molecule has 0 aliphatic carbocycles. The summed E-state index contributed by atoms with van der Waals surface area (Å²) in [6.45, 7) is 4.06. The Hall–Kier alpha value is -1.62. The van der Waals surface area contributed by atoms with Crippen LogP contribution in [0.25, 0.3) is 0 Å². The van der Waals surface area contributed by atoms with E-state index in [4.69, 9.17) is 0 Å². The van der Waals surface area contributed by atoms with Crippen LogP contribution >= 0.6 is 24.0 Å². The molecule has 0 saturated carbocycles. The van der Waals surface area contributed by atoms with Gasteiger partial charge in [-0.3, -0.25) is 0 Å². The van der Waals surface area contributed by atoms with Gasteiger partial charge in [0.1, 0.15) is 0 Å². The van der Waals surface area contributed by atoms with Crippen LogP contribution in [-0.4, -0.2) is 48.0 Å². The van der Waals surface area contributed by atoms with Crippen molar-refractivity contribution in [1.82, 2.24) is 20.2 Å². The van der Waals surface area contributed by atoms with E-state index in [-0.39, 0.29) is 41.5 Å². The van der Waals surface area contributed by atoms with Gasteiger partial charge in [0.15, 0.2) is 15.8 Å². The third-order valence-electron chi connectivity index (χ3n) is 4.28. The van der Waals surface area contributed by atoms with Gasteiger partial charge in [-0.25, -0.2) is 18.4 Å². The summed E-state index contributed by atoms with van der Waals surface area (Å²) in [6.07, 6.45) is 6.15. The Balaban J connectivity index is 0.00000261. The zero-order chi connectivity index (χ0) is 18.4. The minimum atomic E-state index is -2.90. The number of benzene rings is 1. The van der Waals surface area contributed by atoms with Gasteiger partial charge >= 0.3 is 0 Å². The van der Waals surface area contributed by atoms with Crippen LogP contribution in [0.3, 0.4) is 0 Å². The molecule has 2 N–H and O–H groups in total. The van der Waals surface area contributed by atoms with E-state index in [2.05, 4.69) is 44.9 Å². The highest BCUT2D eigenvalue weighted by Crippen LogP contribution is 2.11. The topological polar surface area (TPSA) is 88.4 Å². The molecular formula is C18H26IN5O2S. The number of aromatic nitrogens is 2. The molecule has 0 bridgehead atoms. The predicted molar refractivity (Wildman–Crippen MR) is 118 cm³/mol. The summed E-state index contributed by atoms with van der Waals surface area (Å²) in [5, 5.41) is 6.42. The van der Waals surface area contributed by atoms with Crippen molar-refractivity contribution in [3.8, 4) is 0 Å². The maximum absolute atomic E-state index is 11.6. The normalized spacial score (nSPS) is 18.7. The number of hydrogen-bond donors (Lipinski definition) is 2. The second kappa shape index (κ2) is 10.1. The number of imidazole rings is 1. The first kappa shape index (κ1) is 21.7. The number of halogens is 1. The second-order valence-corrected chi connectivity index (χ2v) is 8.72. The van der Waals surface area contributed by atoms with E-state index >= 15 is 0 Å². The van der Waals surface area contributed by atoms with Gasteiger partial charge in [0.05, 0.1) is 24.4 Å². The van der Waals surface area contributed by atoms with Gasteiger partial charge in [0.25, 0.3) is 0 Å². The summed E-state index contributed by atoms with van der Waals surface area (Å²) in [7, 11) is -2.90. The van der Waals surface area contributed by atoms with Gasteiger partial charge in [-0.15, -0.1) is 24.0 Å². The van der Waals surface area contributed by atoms with Crippen LogP contribution in [0.1, 0.15) is 24.5 Å². The van der Waals surface area contributed by atoms with Crippen molar-refractivity contribution in [3.05, 3.63) is 54.1 Å². The lowest BCUT2D eigenvalue weighted by Crippen LogP contribution is -2.44. The van der Waals surface area contributed by atoms with Crippen molar-refractivity contribution in [2.75, 3.05) is 18.1 Å². The SMILES string of the molecule is CCNC(=NCc1ccc(Cn2ccnc2)cc1)NC1CCS(=O)(=O)C1.I. The fraction of sp³-hybridized carbons (Fsp3) is 0.444. The molecule has 2 heterocycles. The standard InChI is InChI=1S/C18H25N5O2S.HI/c1-2-20-18(22-17-7-10-26(24,25)13-17)21-11-15-3-5-16(6-4-15)12-23-9-8-19-14-23;/h3-6,8-9,14,17H,2,7,10-13H2,1H3,(H2,20,21,22);1H. The Labute approximate surface area is 177 Å². The van der Waals surface area contributed by atoms with Gasteiger partial charge in [-0.1, -0.05) is 24.3 Å². The van der Waals surface area contributed by atoms with E-state index in [1.54, 1.807) is 12.5 Å². The van der Waals surface area contributed by atoms with Gasteiger partial charge in [0.2, 0.25) is 0 Å². The first-order valence-electron chi connectivity index (χ1n) is 8.83. The quantitative estimate of drug-likeness (QED) is 0.357. The summed E-state index contributed by atoms with van der Waals surface area (Å²) >= 11 is 0. The third-order valence-corrected chi connectivity index (χ3v) is 6.05. The number of hydrogen-bond acceptors (Lipinski definition) is 4. The van der Waals surface area contributed by atoms with E-state index in [1.807, 2.05) is 17.7 Å². The van der Waals surface area contributed by atoms with Crippen LogP contribution in [0, 0.1) is 0 Å². The fourth-order valence-corrected chi connectivity index (χ4v) is 4.61. The highest BCUT2D eigenvalue weighted by molar-refractivity contribution is 14.0. The molecule has 0 spiro atoms. The summed E-state index contributed by atoms with van der Waals surface area (Å²) < 4.78 is 25.2. The molecule has 0 radical (unpaired) electrons. The fourth-order valence-electron chi connectivity index (χ4n) is 2.93. The molecule has 148 valence electrons. The van der Waals surface area contributed by atoms with E-state index in [1.165, 1.54) is 5.56 Å². The number of nitrogens with one attached hydrogen (secondary N) is 2. The van der Waals surface area contributed by atoms with Crippen molar-refractivity contribution in [2.24, 2.45) is 4.99 Å². The van der Waals surface area contributed by atoms with Gasteiger partial charge in [-0.2, -0.15) is 0 Å². The lowest BCUT2D eigenvalue weighted by Gasteiger charge is -2.15. The Bertz CT molecular complexity index is 835. The summed E-state index contributed by atoms with van der Waals surface area (Å²) in [4.78, 5) is 8.63. The van der Waals surface area contributed by atoms with Crippen LogP contribution in [0.4, 0.5) is 0 Å². The van der Waals surface area contributed by atoms with E-state index < -0.39 is 9.84 Å². The Morgan fingerprint density at radius 2 is 2.04 bits per heavy atom. The van der Waals surface area contributed by atoms with Crippen molar-refractivity contribution in [3.63, 3.8) is 0 Å². The molecule has 1 aliphatic rings. The predicted octanol–water partition coefficient (Wildman–Crippen LogP) is 1.79. The first-order chi connectivity index (χ1) is 12.5. The highest BCUT2D eigenvalue weighted by Gasteiger charge is 2.28. The molecule has 9 heteroatoms. The maximum atomic E-state index is 11.6. The molecule has 7 nitrogen and oxygen atoms in total. The Morgan fingerprint density at radius 1 is 1.30 bits per heavy atom. The van der Waals surface area contributed by atoms with Crippen molar-refractivity contribution < 1.29 is 8.42 Å². The summed E-state index contributed by atoms with van der Waals surface area (Å²) in [5.74, 6) is 1.10. The van der Waals surface area contributed by atoms with Crippen LogP contribution in [0.15, 0.2) is 48.0 Å². The first-order valence-corrected chi connectivity index (χ1v) is 10.6. The monoisotopic (exact) mass is 503 g/mol. The number of aliphatic imine (C=N–C) groups is 1. The van der Waals surface area contributed by atoms with Gasteiger partial charge in [-0.05, 0) is 24.5 Å². The van der Waals surface area contributed by atoms with Crippen LogP contribution in [-0.2, 0) is 22.9 Å². The van der Waals surface area contributed by atoms with Crippen molar-refractivity contribution in [2.45, 2.75) is 32.5 Å². The lowest BCUT2D eigenvalue weighted by atomic mass is 10.1. The molecule has 3 rings (SSSR count). The average Bonchev–Trinajstić information content (AvgIpc) is 3.23. The zero-order valence-corrected chi connectivity index (χ0v) is 18.5.